The van der Waals surface area contributed by atoms with Crippen LogP contribution in [-0.2, 0) is 0 Å². The molecule has 0 spiro atoms. The van der Waals surface area contributed by atoms with Crippen LogP contribution in [0.2, 0.25) is 0 Å². The predicted molar refractivity (Wildman–Crippen MR) is 71.9 cm³/mol. The number of pyridine rings is 2. The van der Waals surface area contributed by atoms with E-state index in [1.54, 1.807) is 36.8 Å². The number of nitrogens with zero attached hydrogens (tertiary/aromatic N) is 4. The smallest absolute Gasteiger partial charge is 0.200 e. The SMILES string of the molecule is Nc1nc(-c2cc(Oc3cccnc3)ccn2)ns1. The first-order valence-corrected chi connectivity index (χ1v) is 6.22. The summed E-state index contributed by atoms with van der Waals surface area (Å²) in [6.45, 7) is 0. The minimum Gasteiger partial charge on any atom is -0.456 e. The van der Waals surface area contributed by atoms with Crippen molar-refractivity contribution < 1.29 is 4.74 Å². The molecule has 0 aliphatic rings. The number of aromatic nitrogens is 4. The van der Waals surface area contributed by atoms with Crippen LogP contribution in [0.15, 0.2) is 42.9 Å². The van der Waals surface area contributed by atoms with Crippen molar-refractivity contribution in [3.63, 3.8) is 0 Å². The van der Waals surface area contributed by atoms with Crippen molar-refractivity contribution in [3.05, 3.63) is 42.9 Å². The molecule has 0 aromatic carbocycles. The van der Waals surface area contributed by atoms with Gasteiger partial charge in [-0.2, -0.15) is 9.36 Å². The predicted octanol–water partition coefficient (Wildman–Crippen LogP) is 2.37. The molecule has 0 bridgehead atoms. The first-order valence-electron chi connectivity index (χ1n) is 5.45. The third kappa shape index (κ3) is 2.66. The zero-order valence-electron chi connectivity index (χ0n) is 9.72. The molecule has 7 heteroatoms. The number of rotatable bonds is 3. The molecule has 0 aliphatic heterocycles. The second-order valence-electron chi connectivity index (χ2n) is 3.62. The maximum absolute atomic E-state index is 5.66. The third-order valence-corrected chi connectivity index (χ3v) is 2.81. The van der Waals surface area contributed by atoms with Crippen LogP contribution < -0.4 is 10.5 Å². The van der Waals surface area contributed by atoms with Crippen molar-refractivity contribution in [3.8, 4) is 23.0 Å². The van der Waals surface area contributed by atoms with Crippen LogP contribution >= 0.6 is 11.5 Å². The minimum atomic E-state index is 0.412. The van der Waals surface area contributed by atoms with Gasteiger partial charge < -0.3 is 10.5 Å². The molecule has 0 fully saturated rings. The molecule has 3 heterocycles. The number of anilines is 1. The van der Waals surface area contributed by atoms with E-state index in [9.17, 15) is 0 Å². The van der Waals surface area contributed by atoms with E-state index in [4.69, 9.17) is 10.5 Å². The Morgan fingerprint density at radius 3 is 2.84 bits per heavy atom. The van der Waals surface area contributed by atoms with Gasteiger partial charge in [-0.1, -0.05) is 0 Å². The molecule has 3 aromatic heterocycles. The summed E-state index contributed by atoms with van der Waals surface area (Å²) in [5.41, 5.74) is 6.17. The third-order valence-electron chi connectivity index (χ3n) is 2.27. The number of hydrogen-bond acceptors (Lipinski definition) is 7. The van der Waals surface area contributed by atoms with Crippen LogP contribution in [0.3, 0.4) is 0 Å². The Morgan fingerprint density at radius 1 is 1.16 bits per heavy atom. The minimum absolute atomic E-state index is 0.412. The van der Waals surface area contributed by atoms with Gasteiger partial charge in [-0.15, -0.1) is 0 Å². The fourth-order valence-electron chi connectivity index (χ4n) is 1.48. The molecule has 0 unspecified atom stereocenters. The van der Waals surface area contributed by atoms with E-state index < -0.39 is 0 Å². The van der Waals surface area contributed by atoms with Gasteiger partial charge >= 0.3 is 0 Å². The molecule has 0 radical (unpaired) electrons. The maximum atomic E-state index is 5.66. The fourth-order valence-corrected chi connectivity index (χ4v) is 1.92. The molecular weight excluding hydrogens is 262 g/mol. The van der Waals surface area contributed by atoms with E-state index in [0.29, 0.717) is 28.1 Å². The average molecular weight is 271 g/mol. The van der Waals surface area contributed by atoms with Gasteiger partial charge in [0.15, 0.2) is 11.0 Å². The summed E-state index contributed by atoms with van der Waals surface area (Å²) in [6, 6.07) is 7.15. The first kappa shape index (κ1) is 11.5. The van der Waals surface area contributed by atoms with Gasteiger partial charge in [0.05, 0.1) is 6.20 Å². The zero-order chi connectivity index (χ0) is 13.1. The molecule has 0 amide bonds. The topological polar surface area (TPSA) is 86.8 Å². The van der Waals surface area contributed by atoms with Gasteiger partial charge in [0.2, 0.25) is 0 Å². The van der Waals surface area contributed by atoms with Crippen molar-refractivity contribution in [2.24, 2.45) is 0 Å². The highest BCUT2D eigenvalue weighted by atomic mass is 32.1. The Balaban J connectivity index is 1.88. The highest BCUT2D eigenvalue weighted by Gasteiger charge is 2.07. The van der Waals surface area contributed by atoms with Gasteiger partial charge in [0, 0.05) is 30.0 Å². The molecule has 94 valence electrons. The zero-order valence-corrected chi connectivity index (χ0v) is 10.5. The van der Waals surface area contributed by atoms with Gasteiger partial charge in [0.25, 0.3) is 0 Å². The van der Waals surface area contributed by atoms with Gasteiger partial charge in [-0.3, -0.25) is 9.97 Å². The highest BCUT2D eigenvalue weighted by Crippen LogP contribution is 2.24. The molecule has 3 rings (SSSR count). The monoisotopic (exact) mass is 271 g/mol. The number of hydrogen-bond donors (Lipinski definition) is 1. The van der Waals surface area contributed by atoms with Crippen LogP contribution in [-0.4, -0.2) is 19.3 Å². The van der Waals surface area contributed by atoms with E-state index in [1.165, 1.54) is 0 Å². The van der Waals surface area contributed by atoms with E-state index in [-0.39, 0.29) is 0 Å². The van der Waals surface area contributed by atoms with Crippen LogP contribution in [0, 0.1) is 0 Å². The second-order valence-corrected chi connectivity index (χ2v) is 4.41. The molecule has 3 aromatic rings. The average Bonchev–Trinajstić information content (AvgIpc) is 2.87. The second kappa shape index (κ2) is 4.99. The van der Waals surface area contributed by atoms with Gasteiger partial charge in [0.1, 0.15) is 17.2 Å². The Hall–Kier alpha value is -2.54. The summed E-state index contributed by atoms with van der Waals surface area (Å²) in [5, 5.41) is 0.412. The van der Waals surface area contributed by atoms with Crippen LogP contribution in [0.5, 0.6) is 11.5 Å². The molecule has 0 saturated heterocycles. The molecular formula is C12H9N5OS. The molecule has 0 aliphatic carbocycles. The number of ether oxygens (including phenoxy) is 1. The summed E-state index contributed by atoms with van der Waals surface area (Å²) >= 11 is 1.13. The fraction of sp³-hybridized carbons (Fsp3) is 0. The Morgan fingerprint density at radius 2 is 2.11 bits per heavy atom. The summed E-state index contributed by atoms with van der Waals surface area (Å²) in [6.07, 6.45) is 4.96. The molecule has 6 nitrogen and oxygen atoms in total. The van der Waals surface area contributed by atoms with E-state index in [0.717, 1.165) is 11.5 Å². The van der Waals surface area contributed by atoms with E-state index in [2.05, 4.69) is 19.3 Å². The van der Waals surface area contributed by atoms with E-state index in [1.807, 2.05) is 6.07 Å². The Labute approximate surface area is 113 Å². The number of nitrogens with two attached hydrogens (primary N) is 1. The maximum Gasteiger partial charge on any atom is 0.200 e. The quantitative estimate of drug-likeness (QED) is 0.787. The van der Waals surface area contributed by atoms with Crippen molar-refractivity contribution in [2.75, 3.05) is 5.73 Å². The van der Waals surface area contributed by atoms with Crippen molar-refractivity contribution in [2.45, 2.75) is 0 Å². The Kier molecular flexibility index (Phi) is 3.03. The lowest BCUT2D eigenvalue weighted by Crippen LogP contribution is -1.90. The summed E-state index contributed by atoms with van der Waals surface area (Å²) in [7, 11) is 0. The van der Waals surface area contributed by atoms with Crippen LogP contribution in [0.4, 0.5) is 5.13 Å². The largest absolute Gasteiger partial charge is 0.456 e. The lowest BCUT2D eigenvalue weighted by atomic mass is 10.3. The number of nitrogen functional groups attached to an aromatic ring is 1. The van der Waals surface area contributed by atoms with Gasteiger partial charge in [-0.05, 0) is 18.2 Å². The van der Waals surface area contributed by atoms with Crippen molar-refractivity contribution in [1.29, 1.82) is 0 Å². The van der Waals surface area contributed by atoms with Gasteiger partial charge in [-0.25, -0.2) is 0 Å². The summed E-state index contributed by atoms with van der Waals surface area (Å²) in [5.74, 6) is 1.80. The summed E-state index contributed by atoms with van der Waals surface area (Å²) in [4.78, 5) is 12.3. The standard InChI is InChI=1S/C12H9N5OS/c13-12-16-11(17-19-12)10-6-8(3-5-15-10)18-9-2-1-4-14-7-9/h1-7H,(H2,13,16,17). The normalized spacial score (nSPS) is 10.3. The molecule has 0 atom stereocenters. The lowest BCUT2D eigenvalue weighted by molar-refractivity contribution is 0.480. The van der Waals surface area contributed by atoms with Crippen molar-refractivity contribution in [1.82, 2.24) is 19.3 Å². The molecule has 2 N–H and O–H groups in total. The van der Waals surface area contributed by atoms with Crippen LogP contribution in [0.25, 0.3) is 11.5 Å². The molecule has 19 heavy (non-hydrogen) atoms. The highest BCUT2D eigenvalue weighted by molar-refractivity contribution is 7.09. The first-order chi connectivity index (χ1) is 9.31. The van der Waals surface area contributed by atoms with E-state index >= 15 is 0 Å². The summed E-state index contributed by atoms with van der Waals surface area (Å²) < 4.78 is 9.77. The molecule has 0 saturated carbocycles. The Bertz CT molecular complexity index is 685. The van der Waals surface area contributed by atoms with Crippen molar-refractivity contribution >= 4 is 16.7 Å². The van der Waals surface area contributed by atoms with Crippen LogP contribution in [0.1, 0.15) is 0 Å². The lowest BCUT2D eigenvalue weighted by Gasteiger charge is -2.05.